The Hall–Kier alpha value is -2.56. The number of hydrogen-bond acceptors (Lipinski definition) is 4. The molecule has 2 rings (SSSR count). The van der Waals surface area contributed by atoms with Gasteiger partial charge in [0.05, 0.1) is 6.61 Å². The van der Waals surface area contributed by atoms with E-state index in [0.29, 0.717) is 6.61 Å². The number of rotatable bonds is 5. The van der Waals surface area contributed by atoms with Crippen molar-refractivity contribution >= 4 is 6.09 Å². The summed E-state index contributed by atoms with van der Waals surface area (Å²) in [6.45, 7) is 2.82. The molecule has 0 atom stereocenters. The van der Waals surface area contributed by atoms with Gasteiger partial charge in [0.1, 0.15) is 12.4 Å². The highest BCUT2D eigenvalue weighted by atomic mass is 16.5. The standard InChI is InChI=1S/C16H17NO4/c1-2-11-20-14-8-6-13(7-9-14)12-21-16(19)17-10-4-3-5-15(17)18/h3-10H,2,11-12H2,1H3. The van der Waals surface area contributed by atoms with Gasteiger partial charge in [0.25, 0.3) is 5.56 Å². The van der Waals surface area contributed by atoms with Gasteiger partial charge in [0.15, 0.2) is 0 Å². The zero-order chi connectivity index (χ0) is 15.1. The van der Waals surface area contributed by atoms with Gasteiger partial charge >= 0.3 is 6.09 Å². The van der Waals surface area contributed by atoms with Crippen molar-refractivity contribution in [3.63, 3.8) is 0 Å². The van der Waals surface area contributed by atoms with Crippen LogP contribution in [0.25, 0.3) is 0 Å². The molecule has 0 saturated carbocycles. The fourth-order valence-corrected chi connectivity index (χ4v) is 1.69. The second kappa shape index (κ2) is 7.28. The average molecular weight is 287 g/mol. The van der Waals surface area contributed by atoms with Crippen LogP contribution in [0.15, 0.2) is 53.5 Å². The molecule has 0 radical (unpaired) electrons. The highest BCUT2D eigenvalue weighted by Crippen LogP contribution is 2.13. The smallest absolute Gasteiger partial charge is 0.421 e. The largest absolute Gasteiger partial charge is 0.494 e. The van der Waals surface area contributed by atoms with Gasteiger partial charge in [-0.15, -0.1) is 0 Å². The minimum absolute atomic E-state index is 0.105. The molecule has 0 saturated heterocycles. The molecule has 0 unspecified atom stereocenters. The molecule has 1 heterocycles. The molecular formula is C16H17NO4. The first-order valence-corrected chi connectivity index (χ1v) is 6.77. The zero-order valence-electron chi connectivity index (χ0n) is 11.8. The topological polar surface area (TPSA) is 57.5 Å². The second-order valence-electron chi connectivity index (χ2n) is 4.46. The third kappa shape index (κ3) is 4.21. The van der Waals surface area contributed by atoms with Gasteiger partial charge in [-0.05, 0) is 30.2 Å². The van der Waals surface area contributed by atoms with Crippen LogP contribution in [0.5, 0.6) is 5.75 Å². The fourth-order valence-electron chi connectivity index (χ4n) is 1.69. The lowest BCUT2D eigenvalue weighted by Gasteiger charge is -2.08. The van der Waals surface area contributed by atoms with E-state index < -0.39 is 11.7 Å². The number of aromatic nitrogens is 1. The Bertz CT molecular complexity index is 646. The number of ether oxygens (including phenoxy) is 2. The van der Waals surface area contributed by atoms with Crippen LogP contribution in [-0.2, 0) is 11.3 Å². The van der Waals surface area contributed by atoms with Crippen LogP contribution >= 0.6 is 0 Å². The van der Waals surface area contributed by atoms with Gasteiger partial charge in [0.2, 0.25) is 0 Å². The summed E-state index contributed by atoms with van der Waals surface area (Å²) in [5.41, 5.74) is 0.419. The lowest BCUT2D eigenvalue weighted by atomic mass is 10.2. The van der Waals surface area contributed by atoms with Crippen LogP contribution in [0, 0.1) is 0 Å². The predicted molar refractivity (Wildman–Crippen MR) is 78.5 cm³/mol. The molecule has 5 nitrogen and oxygen atoms in total. The third-order valence-electron chi connectivity index (χ3n) is 2.78. The van der Waals surface area contributed by atoms with Gasteiger partial charge in [-0.1, -0.05) is 25.1 Å². The Balaban J connectivity index is 1.92. The second-order valence-corrected chi connectivity index (χ2v) is 4.46. The quantitative estimate of drug-likeness (QED) is 0.848. The van der Waals surface area contributed by atoms with Crippen LogP contribution in [-0.4, -0.2) is 17.3 Å². The number of hydrogen-bond donors (Lipinski definition) is 0. The zero-order valence-corrected chi connectivity index (χ0v) is 11.8. The molecule has 1 aromatic heterocycles. The average Bonchev–Trinajstić information content (AvgIpc) is 2.52. The normalized spacial score (nSPS) is 10.1. The lowest BCUT2D eigenvalue weighted by Crippen LogP contribution is -2.26. The Labute approximate surface area is 122 Å². The van der Waals surface area contributed by atoms with Crippen molar-refractivity contribution in [2.24, 2.45) is 0 Å². The molecule has 21 heavy (non-hydrogen) atoms. The van der Waals surface area contributed by atoms with Gasteiger partial charge in [0, 0.05) is 12.3 Å². The summed E-state index contributed by atoms with van der Waals surface area (Å²) >= 11 is 0. The summed E-state index contributed by atoms with van der Waals surface area (Å²) in [6.07, 6.45) is 1.64. The van der Waals surface area contributed by atoms with E-state index in [0.717, 1.165) is 22.3 Å². The molecular weight excluding hydrogens is 270 g/mol. The van der Waals surface area contributed by atoms with Gasteiger partial charge in [-0.2, -0.15) is 0 Å². The third-order valence-corrected chi connectivity index (χ3v) is 2.78. The molecule has 0 N–H and O–H groups in total. The Morgan fingerprint density at radius 3 is 2.57 bits per heavy atom. The summed E-state index contributed by atoms with van der Waals surface area (Å²) in [5.74, 6) is 0.784. The van der Waals surface area contributed by atoms with Crippen molar-refractivity contribution in [3.05, 3.63) is 64.6 Å². The van der Waals surface area contributed by atoms with Crippen LogP contribution in [0.1, 0.15) is 18.9 Å². The first-order valence-electron chi connectivity index (χ1n) is 6.77. The van der Waals surface area contributed by atoms with E-state index in [-0.39, 0.29) is 6.61 Å². The summed E-state index contributed by atoms with van der Waals surface area (Å²) < 4.78 is 11.5. The maximum Gasteiger partial charge on any atom is 0.421 e. The van der Waals surface area contributed by atoms with Crippen molar-refractivity contribution in [1.82, 2.24) is 4.57 Å². The van der Waals surface area contributed by atoms with E-state index >= 15 is 0 Å². The molecule has 0 aliphatic rings. The van der Waals surface area contributed by atoms with Gasteiger partial charge in [-0.3, -0.25) is 4.79 Å². The molecule has 2 aromatic rings. The minimum atomic E-state index is -0.688. The number of pyridine rings is 1. The van der Waals surface area contributed by atoms with Crippen LogP contribution < -0.4 is 10.3 Å². The molecule has 0 bridgehead atoms. The van der Waals surface area contributed by atoms with Crippen LogP contribution in [0.4, 0.5) is 4.79 Å². The first kappa shape index (κ1) is 14.8. The predicted octanol–water partition coefficient (Wildman–Crippen LogP) is 2.82. The molecule has 5 heteroatoms. The maximum absolute atomic E-state index is 11.8. The number of nitrogens with zero attached hydrogens (tertiary/aromatic N) is 1. The summed E-state index contributed by atoms with van der Waals surface area (Å²) in [7, 11) is 0. The number of benzene rings is 1. The summed E-state index contributed by atoms with van der Waals surface area (Å²) in [4.78, 5) is 23.2. The van der Waals surface area contributed by atoms with E-state index in [1.54, 1.807) is 12.1 Å². The van der Waals surface area contributed by atoms with Crippen molar-refractivity contribution in [2.75, 3.05) is 6.61 Å². The molecule has 0 aliphatic carbocycles. The molecule has 0 aliphatic heterocycles. The highest BCUT2D eigenvalue weighted by molar-refractivity contribution is 5.70. The van der Waals surface area contributed by atoms with Gasteiger partial charge in [-0.25, -0.2) is 9.36 Å². The van der Waals surface area contributed by atoms with Crippen molar-refractivity contribution in [3.8, 4) is 5.75 Å². The molecule has 0 amide bonds. The van der Waals surface area contributed by atoms with E-state index in [1.165, 1.54) is 12.3 Å². The van der Waals surface area contributed by atoms with Crippen LogP contribution in [0.2, 0.25) is 0 Å². The van der Waals surface area contributed by atoms with Crippen molar-refractivity contribution < 1.29 is 14.3 Å². The molecule has 1 aromatic carbocycles. The monoisotopic (exact) mass is 287 g/mol. The minimum Gasteiger partial charge on any atom is -0.494 e. The Kier molecular flexibility index (Phi) is 5.15. The molecule has 0 fully saturated rings. The van der Waals surface area contributed by atoms with E-state index in [2.05, 4.69) is 0 Å². The molecule has 110 valence electrons. The summed E-state index contributed by atoms with van der Waals surface area (Å²) in [6, 6.07) is 11.8. The van der Waals surface area contributed by atoms with E-state index in [4.69, 9.17) is 9.47 Å². The van der Waals surface area contributed by atoms with E-state index in [1.807, 2.05) is 31.2 Å². The fraction of sp³-hybridized carbons (Fsp3) is 0.250. The first-order chi connectivity index (χ1) is 10.2. The van der Waals surface area contributed by atoms with Crippen LogP contribution in [0.3, 0.4) is 0 Å². The van der Waals surface area contributed by atoms with Crippen molar-refractivity contribution in [2.45, 2.75) is 20.0 Å². The highest BCUT2D eigenvalue weighted by Gasteiger charge is 2.07. The Morgan fingerprint density at radius 1 is 1.14 bits per heavy atom. The number of carbonyl (C=O) groups is 1. The number of carbonyl (C=O) groups excluding carboxylic acids is 1. The molecule has 0 spiro atoms. The lowest BCUT2D eigenvalue weighted by molar-refractivity contribution is 0.140. The maximum atomic E-state index is 11.8. The van der Waals surface area contributed by atoms with Crippen molar-refractivity contribution in [1.29, 1.82) is 0 Å². The van der Waals surface area contributed by atoms with Gasteiger partial charge < -0.3 is 9.47 Å². The Morgan fingerprint density at radius 2 is 1.90 bits per heavy atom. The summed E-state index contributed by atoms with van der Waals surface area (Å²) in [5, 5.41) is 0. The SMILES string of the molecule is CCCOc1ccc(COC(=O)n2ccccc2=O)cc1. The van der Waals surface area contributed by atoms with E-state index in [9.17, 15) is 9.59 Å².